The van der Waals surface area contributed by atoms with Crippen molar-refractivity contribution in [3.05, 3.63) is 94.5 Å². The van der Waals surface area contributed by atoms with E-state index in [0.717, 1.165) is 11.1 Å². The monoisotopic (exact) mass is 428 g/mol. The number of carbonyl (C=O) groups excluding carboxylic acids is 1. The maximum absolute atomic E-state index is 12.3. The summed E-state index contributed by atoms with van der Waals surface area (Å²) in [6.45, 7) is 0.790. The van der Waals surface area contributed by atoms with Crippen LogP contribution < -0.4 is 10.6 Å². The first-order valence-corrected chi connectivity index (χ1v) is 11.2. The largest absolute Gasteiger partial charge is 0.380 e. The minimum atomic E-state index is -3.31. The molecular formula is C22H21ClN2O3S. The predicted molar refractivity (Wildman–Crippen MR) is 116 cm³/mol. The van der Waals surface area contributed by atoms with Crippen LogP contribution in [0.4, 0.5) is 5.69 Å². The van der Waals surface area contributed by atoms with Crippen molar-refractivity contribution in [2.75, 3.05) is 11.6 Å². The highest BCUT2D eigenvalue weighted by atomic mass is 35.5. The van der Waals surface area contributed by atoms with Gasteiger partial charge in [0.2, 0.25) is 0 Å². The predicted octanol–water partition coefficient (Wildman–Crippen LogP) is 4.29. The summed E-state index contributed by atoms with van der Waals surface area (Å²) < 4.78 is 23.8. The molecule has 2 N–H and O–H groups in total. The van der Waals surface area contributed by atoms with Crippen molar-refractivity contribution < 1.29 is 13.2 Å². The van der Waals surface area contributed by atoms with E-state index < -0.39 is 9.84 Å². The lowest BCUT2D eigenvalue weighted by molar-refractivity contribution is 0.0951. The molecule has 0 heterocycles. The smallest absolute Gasteiger partial charge is 0.251 e. The van der Waals surface area contributed by atoms with Gasteiger partial charge in [-0.25, -0.2) is 8.42 Å². The van der Waals surface area contributed by atoms with E-state index in [2.05, 4.69) is 10.6 Å². The molecule has 3 aromatic carbocycles. The minimum Gasteiger partial charge on any atom is -0.380 e. The molecule has 0 saturated heterocycles. The van der Waals surface area contributed by atoms with Crippen molar-refractivity contribution >= 4 is 33.0 Å². The van der Waals surface area contributed by atoms with Crippen molar-refractivity contribution in [3.8, 4) is 0 Å². The molecule has 29 heavy (non-hydrogen) atoms. The SMILES string of the molecule is CS(=O)(=O)c1ccccc1NCc1ccc(C(=O)NCc2ccccc2Cl)cc1. The zero-order valence-electron chi connectivity index (χ0n) is 15.9. The van der Waals surface area contributed by atoms with E-state index in [4.69, 9.17) is 11.6 Å². The summed E-state index contributed by atoms with van der Waals surface area (Å²) in [5.41, 5.74) is 2.87. The lowest BCUT2D eigenvalue weighted by atomic mass is 10.1. The quantitative estimate of drug-likeness (QED) is 0.588. The number of hydrogen-bond donors (Lipinski definition) is 2. The van der Waals surface area contributed by atoms with Gasteiger partial charge in [-0.1, -0.05) is 54.1 Å². The summed E-state index contributed by atoms with van der Waals surface area (Å²) in [4.78, 5) is 12.6. The molecule has 0 unspecified atom stereocenters. The number of sulfone groups is 1. The van der Waals surface area contributed by atoms with Crippen LogP contribution in [-0.2, 0) is 22.9 Å². The number of rotatable bonds is 7. The van der Waals surface area contributed by atoms with E-state index in [9.17, 15) is 13.2 Å². The molecule has 0 aliphatic carbocycles. The Bertz CT molecular complexity index is 1110. The minimum absolute atomic E-state index is 0.188. The number of nitrogens with one attached hydrogen (secondary N) is 2. The van der Waals surface area contributed by atoms with Crippen LogP contribution in [0.2, 0.25) is 5.02 Å². The molecule has 7 heteroatoms. The molecule has 0 radical (unpaired) electrons. The van der Waals surface area contributed by atoms with Gasteiger partial charge in [-0.2, -0.15) is 0 Å². The van der Waals surface area contributed by atoms with Crippen molar-refractivity contribution in [2.45, 2.75) is 18.0 Å². The molecular weight excluding hydrogens is 408 g/mol. The first kappa shape index (κ1) is 20.9. The Hall–Kier alpha value is -2.83. The molecule has 0 spiro atoms. The average Bonchev–Trinajstić information content (AvgIpc) is 2.71. The van der Waals surface area contributed by atoms with Crippen LogP contribution in [0, 0.1) is 0 Å². The number of benzene rings is 3. The second-order valence-electron chi connectivity index (χ2n) is 6.59. The molecule has 3 rings (SSSR count). The third-order valence-electron chi connectivity index (χ3n) is 4.38. The lowest BCUT2D eigenvalue weighted by Gasteiger charge is -2.11. The van der Waals surface area contributed by atoms with Crippen LogP contribution in [0.15, 0.2) is 77.7 Å². The fourth-order valence-corrected chi connectivity index (χ4v) is 3.89. The van der Waals surface area contributed by atoms with Crippen LogP contribution in [0.25, 0.3) is 0 Å². The Kier molecular flexibility index (Phi) is 6.56. The maximum atomic E-state index is 12.3. The summed E-state index contributed by atoms with van der Waals surface area (Å²) in [6, 6.07) is 21.3. The summed E-state index contributed by atoms with van der Waals surface area (Å²) >= 11 is 6.10. The zero-order chi connectivity index (χ0) is 20.9. The highest BCUT2D eigenvalue weighted by molar-refractivity contribution is 7.90. The number of halogens is 1. The highest BCUT2D eigenvalue weighted by Gasteiger charge is 2.12. The number of amides is 1. The van der Waals surface area contributed by atoms with Gasteiger partial charge in [-0.05, 0) is 41.5 Å². The number of hydrogen-bond acceptors (Lipinski definition) is 4. The van der Waals surface area contributed by atoms with E-state index in [-0.39, 0.29) is 10.8 Å². The summed E-state index contributed by atoms with van der Waals surface area (Å²) in [7, 11) is -3.31. The van der Waals surface area contributed by atoms with Gasteiger partial charge in [0.25, 0.3) is 5.91 Å². The van der Waals surface area contributed by atoms with Gasteiger partial charge in [0.05, 0.1) is 10.6 Å². The van der Waals surface area contributed by atoms with Crippen LogP contribution in [-0.4, -0.2) is 20.6 Å². The third kappa shape index (κ3) is 5.59. The Labute approximate surface area is 175 Å². The molecule has 3 aromatic rings. The van der Waals surface area contributed by atoms with Crippen LogP contribution >= 0.6 is 11.6 Å². The first-order chi connectivity index (χ1) is 13.8. The molecule has 0 saturated carbocycles. The van der Waals surface area contributed by atoms with Gasteiger partial charge >= 0.3 is 0 Å². The zero-order valence-corrected chi connectivity index (χ0v) is 17.4. The first-order valence-electron chi connectivity index (χ1n) is 8.98. The molecule has 0 atom stereocenters. The Morgan fingerprint density at radius 1 is 0.897 bits per heavy atom. The molecule has 0 aliphatic rings. The fourth-order valence-electron chi connectivity index (χ4n) is 2.83. The summed E-state index contributed by atoms with van der Waals surface area (Å²) in [5.74, 6) is -0.188. The van der Waals surface area contributed by atoms with Crippen LogP contribution in [0.5, 0.6) is 0 Å². The second-order valence-corrected chi connectivity index (χ2v) is 8.98. The van der Waals surface area contributed by atoms with Crippen molar-refractivity contribution in [2.24, 2.45) is 0 Å². The number of carbonyl (C=O) groups is 1. The van der Waals surface area contributed by atoms with E-state index >= 15 is 0 Å². The molecule has 0 fully saturated rings. The van der Waals surface area contributed by atoms with Gasteiger partial charge in [-0.15, -0.1) is 0 Å². The summed E-state index contributed by atoms with van der Waals surface area (Å²) in [6.07, 6.45) is 1.18. The molecule has 5 nitrogen and oxygen atoms in total. The molecule has 0 aromatic heterocycles. The summed E-state index contributed by atoms with van der Waals surface area (Å²) in [5, 5.41) is 6.61. The van der Waals surface area contributed by atoms with Crippen molar-refractivity contribution in [3.63, 3.8) is 0 Å². The molecule has 1 amide bonds. The van der Waals surface area contributed by atoms with E-state index in [1.54, 1.807) is 42.5 Å². The number of anilines is 1. The molecule has 0 bridgehead atoms. The Balaban J connectivity index is 1.61. The topological polar surface area (TPSA) is 75.3 Å². The number of para-hydroxylation sites is 1. The van der Waals surface area contributed by atoms with E-state index in [0.29, 0.717) is 29.4 Å². The second kappa shape index (κ2) is 9.11. The average molecular weight is 429 g/mol. The Morgan fingerprint density at radius 2 is 1.55 bits per heavy atom. The molecule has 0 aliphatic heterocycles. The normalized spacial score (nSPS) is 11.1. The molecule has 150 valence electrons. The maximum Gasteiger partial charge on any atom is 0.251 e. The third-order valence-corrected chi connectivity index (χ3v) is 5.91. The Morgan fingerprint density at radius 3 is 2.24 bits per heavy atom. The van der Waals surface area contributed by atoms with Gasteiger partial charge in [-0.3, -0.25) is 4.79 Å². The van der Waals surface area contributed by atoms with Gasteiger partial charge in [0.15, 0.2) is 9.84 Å². The fraction of sp³-hybridized carbons (Fsp3) is 0.136. The standard InChI is InChI=1S/C22H21ClN2O3S/c1-29(27,28)21-9-5-4-8-20(21)24-14-16-10-12-17(13-11-16)22(26)25-15-18-6-2-3-7-19(18)23/h2-13,24H,14-15H2,1H3,(H,25,26). The van der Waals surface area contributed by atoms with Gasteiger partial charge < -0.3 is 10.6 Å². The van der Waals surface area contributed by atoms with Crippen LogP contribution in [0.3, 0.4) is 0 Å². The van der Waals surface area contributed by atoms with Gasteiger partial charge in [0, 0.05) is 29.9 Å². The van der Waals surface area contributed by atoms with E-state index in [1.807, 2.05) is 30.3 Å². The van der Waals surface area contributed by atoms with Crippen LogP contribution in [0.1, 0.15) is 21.5 Å². The van der Waals surface area contributed by atoms with E-state index in [1.165, 1.54) is 6.26 Å². The van der Waals surface area contributed by atoms with Gasteiger partial charge in [0.1, 0.15) is 0 Å². The lowest BCUT2D eigenvalue weighted by Crippen LogP contribution is -2.22. The van der Waals surface area contributed by atoms with Crippen molar-refractivity contribution in [1.29, 1.82) is 0 Å². The van der Waals surface area contributed by atoms with Crippen molar-refractivity contribution in [1.82, 2.24) is 5.32 Å². The highest BCUT2D eigenvalue weighted by Crippen LogP contribution is 2.21.